The van der Waals surface area contributed by atoms with Crippen molar-refractivity contribution in [3.63, 3.8) is 0 Å². The van der Waals surface area contributed by atoms with E-state index in [0.717, 1.165) is 27.5 Å². The first kappa shape index (κ1) is 17.4. The van der Waals surface area contributed by atoms with E-state index in [2.05, 4.69) is 34.3 Å². The first-order valence-corrected chi connectivity index (χ1v) is 9.56. The van der Waals surface area contributed by atoms with Gasteiger partial charge in [0.25, 0.3) is 0 Å². The number of nitrogens with one attached hydrogen (secondary N) is 1. The number of rotatable bonds is 5. The summed E-state index contributed by atoms with van der Waals surface area (Å²) >= 11 is 1.57. The number of hydrogen-bond donors (Lipinski definition) is 1. The second-order valence-corrected chi connectivity index (χ2v) is 7.10. The number of nitrogens with zero attached hydrogens (tertiary/aromatic N) is 2. The molecule has 0 aliphatic heterocycles. The van der Waals surface area contributed by atoms with Crippen LogP contribution in [0.1, 0.15) is 18.5 Å². The van der Waals surface area contributed by atoms with Gasteiger partial charge in [-0.05, 0) is 54.4 Å². The van der Waals surface area contributed by atoms with Gasteiger partial charge in [-0.15, -0.1) is 11.3 Å². The quantitative estimate of drug-likeness (QED) is 0.452. The second kappa shape index (κ2) is 7.68. The molecule has 0 saturated heterocycles. The number of aromatic nitrogens is 2. The van der Waals surface area contributed by atoms with E-state index in [1.807, 2.05) is 35.8 Å². The van der Waals surface area contributed by atoms with Gasteiger partial charge in [0.15, 0.2) is 0 Å². The molecule has 0 amide bonds. The van der Waals surface area contributed by atoms with Crippen LogP contribution in [0.2, 0.25) is 0 Å². The maximum Gasteiger partial charge on any atom is 0.126 e. The molecule has 27 heavy (non-hydrogen) atoms. The summed E-state index contributed by atoms with van der Waals surface area (Å²) in [5.41, 5.74) is 5.81. The monoisotopic (exact) mass is 375 g/mol. The smallest absolute Gasteiger partial charge is 0.126 e. The molecule has 0 bridgehead atoms. The van der Waals surface area contributed by atoms with Gasteiger partial charge in [0.2, 0.25) is 0 Å². The molecule has 4 rings (SSSR count). The summed E-state index contributed by atoms with van der Waals surface area (Å²) < 4.78 is 13.2. The second-order valence-electron chi connectivity index (χ2n) is 6.24. The van der Waals surface area contributed by atoms with Gasteiger partial charge in [0.1, 0.15) is 11.6 Å². The van der Waals surface area contributed by atoms with Crippen molar-refractivity contribution in [3.05, 3.63) is 89.8 Å². The van der Waals surface area contributed by atoms with E-state index < -0.39 is 0 Å². The highest BCUT2D eigenvalue weighted by atomic mass is 32.1. The predicted molar refractivity (Wildman–Crippen MR) is 109 cm³/mol. The van der Waals surface area contributed by atoms with Gasteiger partial charge in [-0.25, -0.2) is 14.4 Å². The van der Waals surface area contributed by atoms with Gasteiger partial charge < -0.3 is 5.32 Å². The predicted octanol–water partition coefficient (Wildman–Crippen LogP) is 6.18. The molecule has 2 heterocycles. The average molecular weight is 375 g/mol. The zero-order valence-electron chi connectivity index (χ0n) is 14.8. The number of anilines is 1. The van der Waals surface area contributed by atoms with Crippen LogP contribution >= 0.6 is 11.3 Å². The Balaban J connectivity index is 1.62. The van der Waals surface area contributed by atoms with Crippen molar-refractivity contribution < 1.29 is 4.39 Å². The first-order valence-electron chi connectivity index (χ1n) is 8.68. The van der Waals surface area contributed by atoms with Crippen LogP contribution in [0.25, 0.3) is 21.7 Å². The normalized spacial score (nSPS) is 11.9. The minimum Gasteiger partial charge on any atom is -0.364 e. The molecule has 0 saturated carbocycles. The lowest BCUT2D eigenvalue weighted by atomic mass is 10.1. The van der Waals surface area contributed by atoms with E-state index in [4.69, 9.17) is 0 Å². The topological polar surface area (TPSA) is 37.8 Å². The lowest BCUT2D eigenvalue weighted by Crippen LogP contribution is -2.07. The number of benzene rings is 2. The lowest BCUT2D eigenvalue weighted by Gasteiger charge is -2.15. The third-order valence-electron chi connectivity index (χ3n) is 4.37. The van der Waals surface area contributed by atoms with Crippen molar-refractivity contribution >= 4 is 17.2 Å². The van der Waals surface area contributed by atoms with Crippen molar-refractivity contribution in [2.75, 3.05) is 5.32 Å². The zero-order valence-corrected chi connectivity index (χ0v) is 15.6. The van der Waals surface area contributed by atoms with Crippen molar-refractivity contribution in [2.45, 2.75) is 13.0 Å². The van der Waals surface area contributed by atoms with Crippen LogP contribution in [-0.4, -0.2) is 9.97 Å². The van der Waals surface area contributed by atoms with E-state index in [0.29, 0.717) is 0 Å². The molecule has 0 aliphatic rings. The van der Waals surface area contributed by atoms with Crippen LogP contribution < -0.4 is 5.32 Å². The van der Waals surface area contributed by atoms with Gasteiger partial charge in [-0.3, -0.25) is 0 Å². The molecule has 1 atom stereocenters. The van der Waals surface area contributed by atoms with Gasteiger partial charge in [0.05, 0.1) is 16.1 Å². The Hall–Kier alpha value is -3.05. The molecule has 2 aromatic carbocycles. The average Bonchev–Trinajstić information content (AvgIpc) is 3.19. The summed E-state index contributed by atoms with van der Waals surface area (Å²) in [6.45, 7) is 2.11. The molecule has 2 aromatic heterocycles. The standard InChI is InChI=1S/C22H18FN3S/c1-15(16-5-3-2-4-6-16)26-20-13-18(11-12-24-20)22-21(25-14-27-22)17-7-9-19(23)10-8-17/h2-15H,1H3,(H,24,26). The van der Waals surface area contributed by atoms with E-state index in [9.17, 15) is 4.39 Å². The fraction of sp³-hybridized carbons (Fsp3) is 0.0909. The maximum atomic E-state index is 13.2. The summed E-state index contributed by atoms with van der Waals surface area (Å²) in [5, 5.41) is 3.45. The van der Waals surface area contributed by atoms with Gasteiger partial charge in [-0.1, -0.05) is 30.3 Å². The minimum absolute atomic E-state index is 0.145. The first-order chi connectivity index (χ1) is 13.2. The fourth-order valence-corrected chi connectivity index (χ4v) is 3.77. The molecule has 0 spiro atoms. The third-order valence-corrected chi connectivity index (χ3v) is 5.25. The molecule has 0 radical (unpaired) electrons. The van der Waals surface area contributed by atoms with Gasteiger partial charge >= 0.3 is 0 Å². The molecular formula is C22H18FN3S. The van der Waals surface area contributed by atoms with Crippen molar-refractivity contribution in [1.82, 2.24) is 9.97 Å². The van der Waals surface area contributed by atoms with Crippen molar-refractivity contribution in [2.24, 2.45) is 0 Å². The van der Waals surface area contributed by atoms with Crippen molar-refractivity contribution in [3.8, 4) is 21.7 Å². The molecule has 1 N–H and O–H groups in total. The van der Waals surface area contributed by atoms with Crippen LogP contribution in [0.5, 0.6) is 0 Å². The Morgan fingerprint density at radius 1 is 0.926 bits per heavy atom. The molecule has 5 heteroatoms. The molecule has 134 valence electrons. The number of pyridine rings is 1. The molecule has 0 aliphatic carbocycles. The van der Waals surface area contributed by atoms with Gasteiger partial charge in [0, 0.05) is 17.8 Å². The van der Waals surface area contributed by atoms with E-state index in [-0.39, 0.29) is 11.9 Å². The Kier molecular flexibility index (Phi) is 4.94. The summed E-state index contributed by atoms with van der Waals surface area (Å²) in [4.78, 5) is 9.98. The molecule has 4 aromatic rings. The van der Waals surface area contributed by atoms with Crippen molar-refractivity contribution in [1.29, 1.82) is 0 Å². The van der Waals surface area contributed by atoms with Crippen LogP contribution in [0.3, 0.4) is 0 Å². The Morgan fingerprint density at radius 2 is 1.70 bits per heavy atom. The van der Waals surface area contributed by atoms with Crippen LogP contribution in [-0.2, 0) is 0 Å². The number of halogens is 1. The Labute approximate surface area is 161 Å². The highest BCUT2D eigenvalue weighted by Crippen LogP contribution is 2.35. The van der Waals surface area contributed by atoms with E-state index >= 15 is 0 Å². The third kappa shape index (κ3) is 3.88. The SMILES string of the molecule is CC(Nc1cc(-c2scnc2-c2ccc(F)cc2)ccn1)c1ccccc1. The molecule has 3 nitrogen and oxygen atoms in total. The largest absolute Gasteiger partial charge is 0.364 e. The number of thiazole rings is 1. The Morgan fingerprint density at radius 3 is 2.48 bits per heavy atom. The van der Waals surface area contributed by atoms with Crippen LogP contribution in [0, 0.1) is 5.82 Å². The maximum absolute atomic E-state index is 13.2. The van der Waals surface area contributed by atoms with Gasteiger partial charge in [-0.2, -0.15) is 0 Å². The van der Waals surface area contributed by atoms with E-state index in [1.54, 1.807) is 29.7 Å². The fourth-order valence-electron chi connectivity index (χ4n) is 2.96. The summed E-state index contributed by atoms with van der Waals surface area (Å²) in [5.74, 6) is 0.558. The molecule has 0 fully saturated rings. The van der Waals surface area contributed by atoms with Crippen LogP contribution in [0.4, 0.5) is 10.2 Å². The molecular weight excluding hydrogens is 357 g/mol. The number of hydrogen-bond acceptors (Lipinski definition) is 4. The molecule has 1 unspecified atom stereocenters. The lowest BCUT2D eigenvalue weighted by molar-refractivity contribution is 0.628. The highest BCUT2D eigenvalue weighted by Gasteiger charge is 2.13. The van der Waals surface area contributed by atoms with E-state index in [1.165, 1.54) is 17.7 Å². The Bertz CT molecular complexity index is 1030. The highest BCUT2D eigenvalue weighted by molar-refractivity contribution is 7.13. The zero-order chi connectivity index (χ0) is 18.6. The van der Waals surface area contributed by atoms with Crippen LogP contribution in [0.15, 0.2) is 78.4 Å². The summed E-state index contributed by atoms with van der Waals surface area (Å²) in [6.07, 6.45) is 1.80. The summed E-state index contributed by atoms with van der Waals surface area (Å²) in [7, 11) is 0. The minimum atomic E-state index is -0.249. The summed E-state index contributed by atoms with van der Waals surface area (Å²) in [6, 6.07) is 20.8.